The molecule has 1 aliphatic rings. The molecule has 3 nitrogen and oxygen atoms in total. The average molecular weight is 156 g/mol. The van der Waals surface area contributed by atoms with Gasteiger partial charge in [-0.3, -0.25) is 4.79 Å². The summed E-state index contributed by atoms with van der Waals surface area (Å²) in [5.74, 6) is -0.0513. The van der Waals surface area contributed by atoms with Crippen LogP contribution in [-0.4, -0.2) is 18.9 Å². The summed E-state index contributed by atoms with van der Waals surface area (Å²) in [6, 6.07) is 0. The molecule has 1 fully saturated rings. The summed E-state index contributed by atoms with van der Waals surface area (Å²) in [5, 5.41) is 0. The van der Waals surface area contributed by atoms with Crippen LogP contribution in [0.3, 0.4) is 0 Å². The summed E-state index contributed by atoms with van der Waals surface area (Å²) < 4.78 is 4.82. The second-order valence-corrected chi connectivity index (χ2v) is 2.81. The molecule has 1 heterocycles. The van der Waals surface area contributed by atoms with Crippen LogP contribution in [0.15, 0.2) is 0 Å². The first-order chi connectivity index (χ1) is 5.29. The molecule has 0 aromatic carbocycles. The average Bonchev–Trinajstić information content (AvgIpc) is 2.33. The molecule has 2 atom stereocenters. The van der Waals surface area contributed by atoms with E-state index in [0.29, 0.717) is 13.0 Å². The molecule has 62 valence electrons. The van der Waals surface area contributed by atoms with Gasteiger partial charge in [0.15, 0.2) is 0 Å². The molecular weight excluding hydrogens is 144 g/mol. The van der Waals surface area contributed by atoms with E-state index in [1.807, 2.05) is 6.92 Å². The van der Waals surface area contributed by atoms with Crippen molar-refractivity contribution < 1.29 is 14.3 Å². The van der Waals surface area contributed by atoms with Crippen molar-refractivity contribution in [1.29, 1.82) is 0 Å². The number of cyclic esters (lactones) is 1. The zero-order valence-corrected chi connectivity index (χ0v) is 6.58. The lowest BCUT2D eigenvalue weighted by Crippen LogP contribution is -2.15. The van der Waals surface area contributed by atoms with Gasteiger partial charge in [0.1, 0.15) is 6.29 Å². The van der Waals surface area contributed by atoms with Gasteiger partial charge in [0, 0.05) is 12.3 Å². The van der Waals surface area contributed by atoms with Crippen LogP contribution >= 0.6 is 0 Å². The molecule has 0 spiro atoms. The Morgan fingerprint density at radius 2 is 2.45 bits per heavy atom. The first-order valence-electron chi connectivity index (χ1n) is 3.89. The number of carbonyl (C=O) groups is 2. The maximum atomic E-state index is 11.0. The zero-order valence-electron chi connectivity index (χ0n) is 6.58. The van der Waals surface area contributed by atoms with Crippen LogP contribution in [0, 0.1) is 11.8 Å². The van der Waals surface area contributed by atoms with Gasteiger partial charge >= 0.3 is 5.97 Å². The summed E-state index contributed by atoms with van der Waals surface area (Å²) in [5.41, 5.74) is 0. The maximum Gasteiger partial charge on any atom is 0.309 e. The third-order valence-corrected chi connectivity index (χ3v) is 2.15. The largest absolute Gasteiger partial charge is 0.465 e. The lowest BCUT2D eigenvalue weighted by molar-refractivity contribution is -0.141. The highest BCUT2D eigenvalue weighted by molar-refractivity contribution is 5.75. The molecular formula is C8H12O3. The van der Waals surface area contributed by atoms with E-state index in [-0.39, 0.29) is 17.8 Å². The van der Waals surface area contributed by atoms with Gasteiger partial charge in [-0.1, -0.05) is 6.92 Å². The molecule has 0 aromatic rings. The van der Waals surface area contributed by atoms with Crippen LogP contribution in [0.2, 0.25) is 0 Å². The highest BCUT2D eigenvalue weighted by atomic mass is 16.5. The Morgan fingerprint density at radius 1 is 1.73 bits per heavy atom. The predicted octanol–water partition coefficient (Wildman–Crippen LogP) is 0.775. The molecule has 0 aromatic heterocycles. The lowest BCUT2D eigenvalue weighted by atomic mass is 9.91. The molecule has 11 heavy (non-hydrogen) atoms. The zero-order chi connectivity index (χ0) is 8.27. The van der Waals surface area contributed by atoms with Crippen LogP contribution in [0.25, 0.3) is 0 Å². The molecule has 0 saturated carbocycles. The van der Waals surface area contributed by atoms with Gasteiger partial charge in [0.05, 0.1) is 12.5 Å². The fourth-order valence-electron chi connectivity index (χ4n) is 1.46. The topological polar surface area (TPSA) is 43.4 Å². The molecule has 1 aliphatic heterocycles. The number of rotatable bonds is 3. The van der Waals surface area contributed by atoms with Crippen molar-refractivity contribution in [2.24, 2.45) is 11.8 Å². The number of aldehydes is 1. The quantitative estimate of drug-likeness (QED) is 0.448. The van der Waals surface area contributed by atoms with E-state index in [4.69, 9.17) is 4.74 Å². The monoisotopic (exact) mass is 156 g/mol. The van der Waals surface area contributed by atoms with E-state index >= 15 is 0 Å². The Hall–Kier alpha value is -0.860. The summed E-state index contributed by atoms with van der Waals surface area (Å²) >= 11 is 0. The van der Waals surface area contributed by atoms with Crippen molar-refractivity contribution in [1.82, 2.24) is 0 Å². The number of hydrogen-bond donors (Lipinski definition) is 0. The van der Waals surface area contributed by atoms with Gasteiger partial charge in [-0.05, 0) is 6.42 Å². The third kappa shape index (κ3) is 1.59. The molecule has 0 aliphatic carbocycles. The van der Waals surface area contributed by atoms with Crippen molar-refractivity contribution in [2.75, 3.05) is 6.61 Å². The Kier molecular flexibility index (Phi) is 2.63. The van der Waals surface area contributed by atoms with E-state index in [1.165, 1.54) is 0 Å². The summed E-state index contributed by atoms with van der Waals surface area (Å²) in [6.45, 7) is 2.37. The lowest BCUT2D eigenvalue weighted by Gasteiger charge is -2.07. The fourth-order valence-corrected chi connectivity index (χ4v) is 1.46. The fraction of sp³-hybridized carbons (Fsp3) is 0.750. The standard InChI is InChI=1S/C8H12O3/c1-2-7-6(3-4-9)5-11-8(7)10/h4,6-7H,2-3,5H2,1H3/t6-,7-/m0/s1. The van der Waals surface area contributed by atoms with E-state index in [2.05, 4.69) is 0 Å². The van der Waals surface area contributed by atoms with Crippen molar-refractivity contribution in [2.45, 2.75) is 19.8 Å². The van der Waals surface area contributed by atoms with Crippen molar-refractivity contribution in [3.63, 3.8) is 0 Å². The second-order valence-electron chi connectivity index (χ2n) is 2.81. The van der Waals surface area contributed by atoms with Crippen LogP contribution in [0.4, 0.5) is 0 Å². The van der Waals surface area contributed by atoms with Crippen LogP contribution in [0.5, 0.6) is 0 Å². The first-order valence-corrected chi connectivity index (χ1v) is 3.89. The van der Waals surface area contributed by atoms with Gasteiger partial charge in [0.25, 0.3) is 0 Å². The van der Waals surface area contributed by atoms with E-state index in [1.54, 1.807) is 0 Å². The minimum Gasteiger partial charge on any atom is -0.465 e. The number of ether oxygens (including phenoxy) is 1. The minimum atomic E-state index is -0.139. The Balaban J connectivity index is 2.53. The number of hydrogen-bond acceptors (Lipinski definition) is 3. The summed E-state index contributed by atoms with van der Waals surface area (Å²) in [7, 11) is 0. The van der Waals surface area contributed by atoms with Gasteiger partial charge in [-0.2, -0.15) is 0 Å². The molecule has 1 rings (SSSR count). The number of esters is 1. The highest BCUT2D eigenvalue weighted by Gasteiger charge is 2.34. The van der Waals surface area contributed by atoms with Crippen molar-refractivity contribution in [3.05, 3.63) is 0 Å². The van der Waals surface area contributed by atoms with Crippen LogP contribution < -0.4 is 0 Å². The van der Waals surface area contributed by atoms with Gasteiger partial charge in [-0.15, -0.1) is 0 Å². The van der Waals surface area contributed by atoms with E-state index in [9.17, 15) is 9.59 Å². The second kappa shape index (κ2) is 3.51. The SMILES string of the molecule is CC[C@@H]1C(=O)OC[C@@H]1CC=O. The number of carbonyl (C=O) groups excluding carboxylic acids is 2. The first kappa shape index (κ1) is 8.24. The molecule has 0 amide bonds. The molecule has 0 unspecified atom stereocenters. The Bertz CT molecular complexity index is 165. The van der Waals surface area contributed by atoms with Gasteiger partial charge < -0.3 is 9.53 Å². The maximum absolute atomic E-state index is 11.0. The Labute approximate surface area is 65.7 Å². The minimum absolute atomic E-state index is 0.0415. The molecule has 3 heteroatoms. The molecule has 0 radical (unpaired) electrons. The van der Waals surface area contributed by atoms with E-state index < -0.39 is 0 Å². The van der Waals surface area contributed by atoms with E-state index in [0.717, 1.165) is 12.7 Å². The molecule has 0 bridgehead atoms. The van der Waals surface area contributed by atoms with Crippen molar-refractivity contribution in [3.8, 4) is 0 Å². The van der Waals surface area contributed by atoms with Gasteiger partial charge in [0.2, 0.25) is 0 Å². The summed E-state index contributed by atoms with van der Waals surface area (Å²) in [4.78, 5) is 21.1. The molecule has 0 N–H and O–H groups in total. The van der Waals surface area contributed by atoms with Crippen LogP contribution in [0.1, 0.15) is 19.8 Å². The smallest absolute Gasteiger partial charge is 0.309 e. The van der Waals surface area contributed by atoms with Crippen molar-refractivity contribution >= 4 is 12.3 Å². The highest BCUT2D eigenvalue weighted by Crippen LogP contribution is 2.26. The third-order valence-electron chi connectivity index (χ3n) is 2.15. The normalized spacial score (nSPS) is 30.1. The predicted molar refractivity (Wildman–Crippen MR) is 38.9 cm³/mol. The van der Waals surface area contributed by atoms with Gasteiger partial charge in [-0.25, -0.2) is 0 Å². The summed E-state index contributed by atoms with van der Waals surface area (Å²) in [6.07, 6.45) is 2.08. The van der Waals surface area contributed by atoms with Crippen LogP contribution in [-0.2, 0) is 14.3 Å². The Morgan fingerprint density at radius 3 is 3.00 bits per heavy atom. The molecule has 1 saturated heterocycles.